The van der Waals surface area contributed by atoms with E-state index in [9.17, 15) is 9.59 Å². The molecule has 1 N–H and O–H groups in total. The zero-order chi connectivity index (χ0) is 16.3. The Bertz CT molecular complexity index is 648. The summed E-state index contributed by atoms with van der Waals surface area (Å²) in [6.45, 7) is 7.70. The predicted molar refractivity (Wildman–Crippen MR) is 90.1 cm³/mol. The highest BCUT2D eigenvalue weighted by atomic mass is 32.1. The average molecular weight is 319 g/mol. The van der Waals surface area contributed by atoms with Gasteiger partial charge in [-0.25, -0.2) is 4.98 Å². The lowest BCUT2D eigenvalue weighted by atomic mass is 10.0. The first-order chi connectivity index (χ1) is 10.4. The van der Waals surface area contributed by atoms with Crippen molar-refractivity contribution in [1.82, 2.24) is 10.3 Å². The van der Waals surface area contributed by atoms with Crippen LogP contribution in [0.15, 0.2) is 24.3 Å². The van der Waals surface area contributed by atoms with Gasteiger partial charge in [0.25, 0.3) is 5.91 Å². The van der Waals surface area contributed by atoms with Crippen molar-refractivity contribution in [1.29, 1.82) is 0 Å². The smallest absolute Gasteiger partial charge is 0.251 e. The first-order valence-corrected chi connectivity index (χ1v) is 8.19. The Morgan fingerprint density at radius 1 is 1.32 bits per heavy atom. The number of anilines is 1. The summed E-state index contributed by atoms with van der Waals surface area (Å²) in [5.41, 5.74) is 0.884. The molecule has 5 nitrogen and oxygen atoms in total. The highest BCUT2D eigenvalue weighted by molar-refractivity contribution is 7.22. The third kappa shape index (κ3) is 3.44. The standard InChI is InChI=1S/C16H21N3O2S/c1-5-19(15(21)14(10(2)3)17-11(4)20)16-18-12-8-6-7-9-13(12)22-16/h6-10,14H,5H2,1-4H3,(H,17,20)/t14-/m1/s1. The van der Waals surface area contributed by atoms with Crippen LogP contribution in [0.5, 0.6) is 0 Å². The quantitative estimate of drug-likeness (QED) is 0.922. The van der Waals surface area contributed by atoms with E-state index in [0.717, 1.165) is 10.2 Å². The van der Waals surface area contributed by atoms with Crippen molar-refractivity contribution in [3.63, 3.8) is 0 Å². The van der Waals surface area contributed by atoms with Gasteiger partial charge in [-0.1, -0.05) is 37.3 Å². The van der Waals surface area contributed by atoms with E-state index in [2.05, 4.69) is 10.3 Å². The molecule has 0 spiro atoms. The normalized spacial score (nSPS) is 12.4. The van der Waals surface area contributed by atoms with Crippen molar-refractivity contribution in [3.8, 4) is 0 Å². The fraction of sp³-hybridized carbons (Fsp3) is 0.438. The van der Waals surface area contributed by atoms with Gasteiger partial charge in [-0.15, -0.1) is 0 Å². The van der Waals surface area contributed by atoms with E-state index >= 15 is 0 Å². The Labute approximate surface area is 134 Å². The van der Waals surface area contributed by atoms with Gasteiger partial charge < -0.3 is 5.32 Å². The summed E-state index contributed by atoms with van der Waals surface area (Å²) in [6.07, 6.45) is 0. The van der Waals surface area contributed by atoms with Gasteiger partial charge in [0, 0.05) is 13.5 Å². The molecule has 1 aromatic carbocycles. The summed E-state index contributed by atoms with van der Waals surface area (Å²) in [4.78, 5) is 30.3. The molecule has 6 heteroatoms. The second-order valence-electron chi connectivity index (χ2n) is 5.47. The monoisotopic (exact) mass is 319 g/mol. The molecular weight excluding hydrogens is 298 g/mol. The molecule has 1 heterocycles. The van der Waals surface area contributed by atoms with Crippen molar-refractivity contribution in [2.75, 3.05) is 11.4 Å². The molecule has 1 atom stereocenters. The Hall–Kier alpha value is -1.95. The number of likely N-dealkylation sites (N-methyl/N-ethyl adjacent to an activating group) is 1. The molecule has 0 fully saturated rings. The van der Waals surface area contributed by atoms with E-state index in [-0.39, 0.29) is 17.7 Å². The first kappa shape index (κ1) is 16.4. The van der Waals surface area contributed by atoms with Gasteiger partial charge in [0.15, 0.2) is 5.13 Å². The lowest BCUT2D eigenvalue weighted by Crippen LogP contribution is -2.51. The van der Waals surface area contributed by atoms with Crippen LogP contribution in [0.2, 0.25) is 0 Å². The minimum absolute atomic E-state index is 0.0137. The average Bonchev–Trinajstić information content (AvgIpc) is 2.88. The maximum atomic E-state index is 12.8. The third-order valence-electron chi connectivity index (χ3n) is 3.39. The van der Waals surface area contributed by atoms with E-state index in [4.69, 9.17) is 0 Å². The van der Waals surface area contributed by atoms with E-state index in [1.54, 1.807) is 4.90 Å². The number of hydrogen-bond donors (Lipinski definition) is 1. The Kier molecular flexibility index (Phi) is 5.13. The maximum Gasteiger partial charge on any atom is 0.251 e. The van der Waals surface area contributed by atoms with Crippen molar-refractivity contribution < 1.29 is 9.59 Å². The summed E-state index contributed by atoms with van der Waals surface area (Å²) in [5, 5.41) is 3.42. The SMILES string of the molecule is CCN(C(=O)[C@H](NC(C)=O)C(C)C)c1nc2ccccc2s1. The number of nitrogens with zero attached hydrogens (tertiary/aromatic N) is 2. The number of fused-ring (bicyclic) bond motifs is 1. The van der Waals surface area contributed by atoms with Crippen LogP contribution in [0, 0.1) is 5.92 Å². The molecule has 118 valence electrons. The number of benzene rings is 1. The van der Waals surface area contributed by atoms with Crippen LogP contribution in [-0.2, 0) is 9.59 Å². The molecule has 2 rings (SSSR count). The van der Waals surface area contributed by atoms with Crippen LogP contribution in [0.3, 0.4) is 0 Å². The van der Waals surface area contributed by atoms with Gasteiger partial charge in [-0.05, 0) is 25.0 Å². The molecule has 22 heavy (non-hydrogen) atoms. The highest BCUT2D eigenvalue weighted by Gasteiger charge is 2.29. The molecule has 0 saturated heterocycles. The van der Waals surface area contributed by atoms with Crippen LogP contribution in [0.4, 0.5) is 5.13 Å². The molecule has 0 aliphatic rings. The number of carbonyl (C=O) groups is 2. The number of nitrogens with one attached hydrogen (secondary N) is 1. The van der Waals surface area contributed by atoms with Crippen LogP contribution in [0.1, 0.15) is 27.7 Å². The van der Waals surface area contributed by atoms with Crippen molar-refractivity contribution in [2.24, 2.45) is 5.92 Å². The van der Waals surface area contributed by atoms with E-state index in [1.807, 2.05) is 45.0 Å². The van der Waals surface area contributed by atoms with Crippen LogP contribution in [-0.4, -0.2) is 29.4 Å². The molecule has 0 bridgehead atoms. The molecule has 1 aromatic heterocycles. The number of hydrogen-bond acceptors (Lipinski definition) is 4. The zero-order valence-electron chi connectivity index (χ0n) is 13.3. The summed E-state index contributed by atoms with van der Waals surface area (Å²) < 4.78 is 1.05. The van der Waals surface area contributed by atoms with E-state index < -0.39 is 6.04 Å². The molecule has 0 aliphatic carbocycles. The van der Waals surface area contributed by atoms with Gasteiger partial charge in [-0.3, -0.25) is 14.5 Å². The number of amides is 2. The molecule has 0 unspecified atom stereocenters. The van der Waals surface area contributed by atoms with Crippen molar-refractivity contribution >= 4 is 38.5 Å². The maximum absolute atomic E-state index is 12.8. The fourth-order valence-corrected chi connectivity index (χ4v) is 3.30. The second kappa shape index (κ2) is 6.87. The predicted octanol–water partition coefficient (Wildman–Crippen LogP) is 2.81. The van der Waals surface area contributed by atoms with Gasteiger partial charge in [0.1, 0.15) is 6.04 Å². The van der Waals surface area contributed by atoms with E-state index in [0.29, 0.717) is 11.7 Å². The highest BCUT2D eigenvalue weighted by Crippen LogP contribution is 2.29. The number of carbonyl (C=O) groups excluding carboxylic acids is 2. The van der Waals surface area contributed by atoms with Gasteiger partial charge in [0.2, 0.25) is 5.91 Å². The first-order valence-electron chi connectivity index (χ1n) is 7.38. The van der Waals surface area contributed by atoms with Gasteiger partial charge in [-0.2, -0.15) is 0 Å². The number of rotatable bonds is 5. The van der Waals surface area contributed by atoms with Gasteiger partial charge >= 0.3 is 0 Å². The summed E-state index contributed by atoms with van der Waals surface area (Å²) in [5.74, 6) is -0.306. The fourth-order valence-electron chi connectivity index (χ4n) is 2.26. The molecule has 0 saturated carbocycles. The molecule has 0 radical (unpaired) electrons. The number of thiazole rings is 1. The summed E-state index contributed by atoms with van der Waals surface area (Å²) in [7, 11) is 0. The lowest BCUT2D eigenvalue weighted by molar-refractivity contribution is -0.127. The zero-order valence-corrected chi connectivity index (χ0v) is 14.1. The molecule has 2 aromatic rings. The molecular formula is C16H21N3O2S. The largest absolute Gasteiger partial charge is 0.344 e. The van der Waals surface area contributed by atoms with Crippen molar-refractivity contribution in [2.45, 2.75) is 33.7 Å². The number of para-hydroxylation sites is 1. The Morgan fingerprint density at radius 3 is 2.55 bits per heavy atom. The minimum Gasteiger partial charge on any atom is -0.344 e. The summed E-state index contributed by atoms with van der Waals surface area (Å²) >= 11 is 1.49. The van der Waals surface area contributed by atoms with E-state index in [1.165, 1.54) is 18.3 Å². The van der Waals surface area contributed by atoms with Crippen molar-refractivity contribution in [3.05, 3.63) is 24.3 Å². The summed E-state index contributed by atoms with van der Waals surface area (Å²) in [6, 6.07) is 7.27. The second-order valence-corrected chi connectivity index (χ2v) is 6.48. The minimum atomic E-state index is -0.538. The lowest BCUT2D eigenvalue weighted by Gasteiger charge is -2.27. The Morgan fingerprint density at radius 2 is 2.00 bits per heavy atom. The molecule has 0 aliphatic heterocycles. The van der Waals surface area contributed by atoms with Crippen LogP contribution >= 0.6 is 11.3 Å². The third-order valence-corrected chi connectivity index (χ3v) is 4.45. The van der Waals surface area contributed by atoms with Crippen LogP contribution in [0.25, 0.3) is 10.2 Å². The van der Waals surface area contributed by atoms with Gasteiger partial charge in [0.05, 0.1) is 10.2 Å². The molecule has 2 amide bonds. The van der Waals surface area contributed by atoms with Crippen LogP contribution < -0.4 is 10.2 Å². The number of aromatic nitrogens is 1. The Balaban J connectivity index is 2.32. The topological polar surface area (TPSA) is 62.3 Å².